The summed E-state index contributed by atoms with van der Waals surface area (Å²) in [7, 11) is 17.2. The molecule has 0 aromatic carbocycles. The number of hydrogen-bond donors (Lipinski definition) is 4. The van der Waals surface area contributed by atoms with Crippen molar-refractivity contribution < 1.29 is 14.7 Å². The van der Waals surface area contributed by atoms with Gasteiger partial charge >= 0.3 is 0 Å². The summed E-state index contributed by atoms with van der Waals surface area (Å²) in [5.41, 5.74) is 1.21. The van der Waals surface area contributed by atoms with Crippen LogP contribution in [0.3, 0.4) is 0 Å². The van der Waals surface area contributed by atoms with E-state index in [4.69, 9.17) is 5.11 Å². The third-order valence-corrected chi connectivity index (χ3v) is 19.9. The van der Waals surface area contributed by atoms with Crippen LogP contribution in [-0.2, 0) is 16.6 Å². The Kier molecular flexibility index (Phi) is 67.2. The van der Waals surface area contributed by atoms with Crippen LogP contribution in [0.1, 0.15) is 243 Å². The van der Waals surface area contributed by atoms with Gasteiger partial charge in [-0.05, 0) is 305 Å². The molecule has 2 aromatic rings. The Hall–Kier alpha value is -3.29. The van der Waals surface area contributed by atoms with E-state index in [1.165, 1.54) is 271 Å². The van der Waals surface area contributed by atoms with Crippen LogP contribution in [0.2, 0.25) is 0 Å². The molecule has 3 unspecified atom stereocenters. The van der Waals surface area contributed by atoms with Crippen molar-refractivity contribution in [3.63, 3.8) is 0 Å². The molecule has 9 aliphatic heterocycles. The number of piperidine rings is 5. The highest BCUT2D eigenvalue weighted by Gasteiger charge is 2.21. The maximum absolute atomic E-state index is 10.6. The van der Waals surface area contributed by atoms with Gasteiger partial charge in [0.2, 0.25) is 5.91 Å². The van der Waals surface area contributed by atoms with Gasteiger partial charge in [0.25, 0.3) is 0 Å². The Bertz CT molecular complexity index is 1910. The fourth-order valence-corrected chi connectivity index (χ4v) is 12.6. The Labute approximate surface area is 615 Å². The maximum atomic E-state index is 10.6. The van der Waals surface area contributed by atoms with E-state index in [1.54, 1.807) is 13.1 Å². The van der Waals surface area contributed by atoms with Gasteiger partial charge in [-0.1, -0.05) is 127 Å². The number of aromatic nitrogens is 2. The molecule has 16 nitrogen and oxygen atoms in total. The summed E-state index contributed by atoms with van der Waals surface area (Å²) in [6.07, 6.45) is 44.3. The number of Topliss-reactive ketones (excluding diaryl/α,β-unsaturated/α-hetero) is 1. The van der Waals surface area contributed by atoms with Crippen LogP contribution in [0.4, 0.5) is 0 Å². The zero-order valence-electron chi connectivity index (χ0n) is 65.6. The van der Waals surface area contributed by atoms with Gasteiger partial charge in [0, 0.05) is 76.9 Å². The number of hydrogen-bond acceptors (Lipinski definition) is 14. The van der Waals surface area contributed by atoms with E-state index >= 15 is 0 Å². The van der Waals surface area contributed by atoms with Gasteiger partial charge in [-0.3, -0.25) is 14.6 Å². The van der Waals surface area contributed by atoms with E-state index in [1.807, 2.05) is 61.4 Å². The molecule has 0 spiro atoms. The Morgan fingerprint density at radius 2 is 0.970 bits per heavy atom. The quantitative estimate of drug-likeness (QED) is 0.231. The summed E-state index contributed by atoms with van der Waals surface area (Å²) >= 11 is 0. The number of rotatable bonds is 4. The van der Waals surface area contributed by atoms with E-state index < -0.39 is 0 Å². The van der Waals surface area contributed by atoms with Gasteiger partial charge in [0.15, 0.2) is 0 Å². The molecule has 4 atom stereocenters. The molecule has 584 valence electrons. The Morgan fingerprint density at radius 1 is 0.515 bits per heavy atom. The highest BCUT2D eigenvalue weighted by Crippen LogP contribution is 2.22. The summed E-state index contributed by atoms with van der Waals surface area (Å²) in [6, 6.07) is 8.29. The molecule has 2 aromatic heterocycles. The number of pyridine rings is 1. The standard InChI is InChI=1S/C9H19N.C7H15N.C7H14.C6H14N2.C6H13NO.C6H13N.C6H7N.2C6H13N.C6H10O.C5H8N2O.C5H11N.C5H7N.3CH4/c1-2-3-7-10-8-5-4-6-9-10;1-7-3-5-8(2)6-4-7;1-7-5-3-2-4-6-7;1-7-3-5-8(2)6-4-7;1-7-4-2-3-6(7)5-8;2*1-6-3-2-4-7-5-6;2*1-7-5-3-2-4-6-7;1-5-2-3-6(7)4-5;1-3-5(8)7-4(2)6-3;2*1-6-4-2-3-5-6;;;/h2-9H2,1H3;7H,3-6H2,1-2H3;7H,2-6H2,1H3;3-6H2,1-2H3;6,8H,2-5H2,1H3;6-7H,2-5H2,1H3;2-5H,1H3;2*2-6H2,1H3;5H,2-4H2,1H3;3,6H,2H2,1H3,(H,7,8);2-5H2,1H3;2-5H,1H3;3*1H4/t;;;;6-;;;;;;;;;;;/m....0.........../s1. The number of aliphatic hydroxyl groups is 1. The highest BCUT2D eigenvalue weighted by atomic mass is 16.3. The SMILES string of the molecule is C.C.C.C=C1NC(=O)C(C)N1.CC1CCC(=O)C1.CC1CCCCC1.CC1CCCNC1.CC1CCN(C)CC1.CCCCN1CCCCC1.CN1CCCC1.CN1CCCCC1.CN1CCCCC1.CN1CCC[C@H]1CO.CN1CCN(C)CC1.Cc1cccnc1.Cn1cccc1. The van der Waals surface area contributed by atoms with Crippen molar-refractivity contribution in [1.82, 2.24) is 64.7 Å². The molecule has 0 radical (unpaired) electrons. The second-order valence-corrected chi connectivity index (χ2v) is 30.3. The lowest BCUT2D eigenvalue weighted by Crippen LogP contribution is -2.42. The summed E-state index contributed by atoms with van der Waals surface area (Å²) in [5.74, 6) is 4.66. The van der Waals surface area contributed by atoms with Crippen LogP contribution in [0.5, 0.6) is 0 Å². The minimum atomic E-state index is -0.109. The van der Waals surface area contributed by atoms with Gasteiger partial charge in [0.1, 0.15) is 11.8 Å². The molecule has 2 saturated carbocycles. The molecular formula is C83H169N13O3. The van der Waals surface area contributed by atoms with E-state index in [0.29, 0.717) is 30.2 Å². The maximum Gasteiger partial charge on any atom is 0.247 e. The topological polar surface area (TPSA) is 134 Å². The van der Waals surface area contributed by atoms with Crippen LogP contribution in [0.15, 0.2) is 61.5 Å². The molecule has 2 aliphatic carbocycles. The molecule has 11 fully saturated rings. The molecule has 16 heteroatoms. The lowest BCUT2D eigenvalue weighted by molar-refractivity contribution is -0.120. The minimum absolute atomic E-state index is 0. The lowest BCUT2D eigenvalue weighted by atomic mass is 9.91. The number of carbonyl (C=O) groups excluding carboxylic acids is 2. The molecule has 11 heterocycles. The molecular weight excluding hydrogens is 1230 g/mol. The first-order chi connectivity index (χ1) is 46.1. The van der Waals surface area contributed by atoms with Crippen molar-refractivity contribution >= 4 is 11.7 Å². The fraction of sp³-hybridized carbons (Fsp3) is 0.843. The van der Waals surface area contributed by atoms with Crippen molar-refractivity contribution in [3.05, 3.63) is 67.0 Å². The number of piperazine rings is 1. The zero-order valence-corrected chi connectivity index (χ0v) is 65.6. The number of aryl methyl sites for hydroxylation is 2. The van der Waals surface area contributed by atoms with Crippen molar-refractivity contribution in [1.29, 1.82) is 0 Å². The third kappa shape index (κ3) is 60.8. The molecule has 11 aliphatic rings. The fourth-order valence-electron chi connectivity index (χ4n) is 12.6. The van der Waals surface area contributed by atoms with Crippen LogP contribution in [0.25, 0.3) is 0 Å². The third-order valence-electron chi connectivity index (χ3n) is 19.9. The average molecular weight is 1400 g/mol. The number of amides is 1. The highest BCUT2D eigenvalue weighted by molar-refractivity contribution is 5.85. The summed E-state index contributed by atoms with van der Waals surface area (Å²) in [6.45, 7) is 42.2. The first-order valence-electron chi connectivity index (χ1n) is 39.2. The Morgan fingerprint density at radius 3 is 1.20 bits per heavy atom. The number of nitrogens with zero attached hydrogens (tertiary/aromatic N) is 10. The van der Waals surface area contributed by atoms with E-state index in [9.17, 15) is 9.59 Å². The average Bonchev–Trinajstić information content (AvgIpc) is 2.04. The Balaban J connectivity index is -0.00000101. The summed E-state index contributed by atoms with van der Waals surface area (Å²) in [4.78, 5) is 44.0. The predicted molar refractivity (Wildman–Crippen MR) is 434 cm³/mol. The summed E-state index contributed by atoms with van der Waals surface area (Å²) in [5, 5.41) is 17.4. The van der Waals surface area contributed by atoms with Crippen LogP contribution < -0.4 is 16.0 Å². The smallest absolute Gasteiger partial charge is 0.247 e. The second kappa shape index (κ2) is 66.6. The predicted octanol–water partition coefficient (Wildman–Crippen LogP) is 15.3. The largest absolute Gasteiger partial charge is 0.395 e. The molecule has 4 N–H and O–H groups in total. The second-order valence-electron chi connectivity index (χ2n) is 30.3. The molecule has 9 saturated heterocycles. The van der Waals surface area contributed by atoms with Crippen LogP contribution in [0, 0.1) is 30.6 Å². The zero-order chi connectivity index (χ0) is 71.0. The molecule has 1 amide bonds. The van der Waals surface area contributed by atoms with Gasteiger partial charge < -0.3 is 64.8 Å². The molecule has 99 heavy (non-hydrogen) atoms. The monoisotopic (exact) mass is 1400 g/mol. The number of ketones is 1. The first-order valence-corrected chi connectivity index (χ1v) is 39.2. The number of unbranched alkanes of at least 4 members (excludes halogenated alkanes) is 1. The van der Waals surface area contributed by atoms with Gasteiger partial charge in [-0.15, -0.1) is 0 Å². The van der Waals surface area contributed by atoms with E-state index in [-0.39, 0.29) is 34.2 Å². The normalized spacial score (nSPS) is 23.8. The van der Waals surface area contributed by atoms with Crippen molar-refractivity contribution in [2.24, 2.45) is 30.7 Å². The van der Waals surface area contributed by atoms with Crippen molar-refractivity contribution in [3.8, 4) is 0 Å². The van der Waals surface area contributed by atoms with Gasteiger partial charge in [-0.2, -0.15) is 0 Å². The number of nitrogens with one attached hydrogen (secondary N) is 3. The van der Waals surface area contributed by atoms with Crippen LogP contribution in [-0.4, -0.2) is 251 Å². The van der Waals surface area contributed by atoms with Crippen molar-refractivity contribution in [2.75, 3.05) is 174 Å². The minimum Gasteiger partial charge on any atom is -0.395 e. The molecule has 13 rings (SSSR count). The van der Waals surface area contributed by atoms with Gasteiger partial charge in [0.05, 0.1) is 12.4 Å². The number of carbonyl (C=O) groups is 2. The number of aliphatic hydroxyl groups excluding tert-OH is 1. The van der Waals surface area contributed by atoms with Gasteiger partial charge in [-0.25, -0.2) is 0 Å². The van der Waals surface area contributed by atoms with Crippen molar-refractivity contribution in [2.45, 2.75) is 256 Å². The number of likely N-dealkylation sites (N-methyl/N-ethyl adjacent to an activating group) is 3. The summed E-state index contributed by atoms with van der Waals surface area (Å²) < 4.78 is 2.00. The number of likely N-dealkylation sites (tertiary alicyclic amines) is 6. The van der Waals surface area contributed by atoms with E-state index in [0.717, 1.165) is 43.6 Å². The van der Waals surface area contributed by atoms with E-state index in [2.05, 4.69) is 151 Å². The van der Waals surface area contributed by atoms with Crippen LogP contribution >= 0.6 is 0 Å². The molecule has 0 bridgehead atoms. The lowest BCUT2D eigenvalue weighted by Gasteiger charge is -2.28. The first kappa shape index (κ1) is 99.9.